The van der Waals surface area contributed by atoms with Gasteiger partial charge in [-0.1, -0.05) is 33.1 Å². The van der Waals surface area contributed by atoms with E-state index in [1.165, 1.54) is 32.2 Å². The topological polar surface area (TPSA) is 60.0 Å². The molecule has 0 spiro atoms. The van der Waals surface area contributed by atoms with Gasteiger partial charge in [0.1, 0.15) is 0 Å². The summed E-state index contributed by atoms with van der Waals surface area (Å²) in [4.78, 5) is 21.6. The first-order chi connectivity index (χ1) is 13.2. The Morgan fingerprint density at radius 1 is 1.11 bits per heavy atom. The first kappa shape index (κ1) is 25.5. The van der Waals surface area contributed by atoms with E-state index >= 15 is 0 Å². The molecule has 0 aromatic rings. The summed E-state index contributed by atoms with van der Waals surface area (Å²) in [6.45, 7) is 10.5. The minimum atomic E-state index is 0. The van der Waals surface area contributed by atoms with E-state index < -0.39 is 0 Å². The Morgan fingerprint density at radius 3 is 2.46 bits per heavy atom. The number of nitrogens with zero attached hydrogens (tertiary/aromatic N) is 3. The summed E-state index contributed by atoms with van der Waals surface area (Å²) < 4.78 is 0. The predicted molar refractivity (Wildman–Crippen MR) is 128 cm³/mol. The number of halogens is 1. The number of carbonyl (C=O) groups is 1. The Bertz CT molecular complexity index is 464. The number of amides is 1. The van der Waals surface area contributed by atoms with Crippen LogP contribution in [0.25, 0.3) is 0 Å². The fourth-order valence-corrected chi connectivity index (χ4v) is 4.28. The average molecular weight is 508 g/mol. The molecule has 1 heterocycles. The maximum absolute atomic E-state index is 12.7. The number of carbonyl (C=O) groups excluding carboxylic acids is 1. The lowest BCUT2D eigenvalue weighted by molar-refractivity contribution is -0.135. The maximum atomic E-state index is 12.7. The number of nitrogens with one attached hydrogen (secondary N) is 2. The highest BCUT2D eigenvalue weighted by molar-refractivity contribution is 14.0. The Balaban J connectivity index is 0.00000392. The molecule has 1 saturated heterocycles. The van der Waals surface area contributed by atoms with Crippen molar-refractivity contribution < 1.29 is 4.79 Å². The highest BCUT2D eigenvalue weighted by Gasteiger charge is 2.31. The molecule has 7 heteroatoms. The zero-order chi connectivity index (χ0) is 19.5. The maximum Gasteiger partial charge on any atom is 0.225 e. The second-order valence-corrected chi connectivity index (χ2v) is 7.98. The Kier molecular flexibility index (Phi) is 13.1. The highest BCUT2D eigenvalue weighted by atomic mass is 127. The highest BCUT2D eigenvalue weighted by Crippen LogP contribution is 2.26. The van der Waals surface area contributed by atoms with Crippen molar-refractivity contribution in [1.82, 2.24) is 20.4 Å². The number of rotatable bonds is 9. The molecule has 1 unspecified atom stereocenters. The van der Waals surface area contributed by atoms with E-state index in [1.807, 2.05) is 7.05 Å². The molecule has 0 aromatic heterocycles. The van der Waals surface area contributed by atoms with Gasteiger partial charge >= 0.3 is 0 Å². The van der Waals surface area contributed by atoms with Crippen LogP contribution in [-0.4, -0.2) is 74.0 Å². The standard InChI is InChI=1S/C21H41N5O.HI/c1-4-25(5-2)15-10-9-14-23-21(22-3)24-19-13-16-26(17-19)20(27)18-11-7-6-8-12-18;/h18-19H,4-17H2,1-3H3,(H2,22,23,24);1H. The molecule has 2 rings (SSSR count). The van der Waals surface area contributed by atoms with Gasteiger partial charge < -0.3 is 20.4 Å². The Morgan fingerprint density at radius 2 is 1.82 bits per heavy atom. The molecule has 1 saturated carbocycles. The van der Waals surface area contributed by atoms with Gasteiger partial charge in [-0.3, -0.25) is 9.79 Å². The van der Waals surface area contributed by atoms with E-state index in [0.717, 1.165) is 64.4 Å². The van der Waals surface area contributed by atoms with Crippen molar-refractivity contribution in [2.45, 2.75) is 71.3 Å². The molecule has 1 aliphatic carbocycles. The molecule has 0 bridgehead atoms. The smallest absolute Gasteiger partial charge is 0.225 e. The van der Waals surface area contributed by atoms with E-state index in [4.69, 9.17) is 0 Å². The van der Waals surface area contributed by atoms with E-state index in [2.05, 4.69) is 39.3 Å². The lowest BCUT2D eigenvalue weighted by atomic mass is 9.88. The van der Waals surface area contributed by atoms with Crippen molar-refractivity contribution in [3.63, 3.8) is 0 Å². The SMILES string of the molecule is CCN(CC)CCCCNC(=NC)NC1CCN(C(=O)C2CCCCC2)C1.I. The summed E-state index contributed by atoms with van der Waals surface area (Å²) in [5.74, 6) is 1.54. The van der Waals surface area contributed by atoms with Gasteiger partial charge in [-0.05, 0) is 51.7 Å². The normalized spacial score (nSPS) is 20.9. The summed E-state index contributed by atoms with van der Waals surface area (Å²) in [6, 6.07) is 0.319. The monoisotopic (exact) mass is 507 g/mol. The predicted octanol–water partition coefficient (Wildman–Crippen LogP) is 3.07. The number of likely N-dealkylation sites (tertiary alicyclic amines) is 1. The Labute approximate surface area is 189 Å². The van der Waals surface area contributed by atoms with Crippen LogP contribution in [0.2, 0.25) is 0 Å². The molecule has 1 aliphatic heterocycles. The number of guanidine groups is 1. The van der Waals surface area contributed by atoms with Gasteiger partial charge in [0.15, 0.2) is 5.96 Å². The van der Waals surface area contributed by atoms with Gasteiger partial charge in [-0.15, -0.1) is 24.0 Å². The minimum absolute atomic E-state index is 0. The van der Waals surface area contributed by atoms with Crippen LogP contribution in [0.1, 0.15) is 65.2 Å². The number of aliphatic imine (C=N–C) groups is 1. The molecule has 2 fully saturated rings. The molecule has 1 amide bonds. The van der Waals surface area contributed by atoms with Crippen LogP contribution in [0, 0.1) is 5.92 Å². The summed E-state index contributed by atoms with van der Waals surface area (Å²) in [7, 11) is 1.82. The Hall–Kier alpha value is -0.570. The fraction of sp³-hybridized carbons (Fsp3) is 0.905. The minimum Gasteiger partial charge on any atom is -0.356 e. The third kappa shape index (κ3) is 8.43. The van der Waals surface area contributed by atoms with Gasteiger partial charge in [0.2, 0.25) is 5.91 Å². The van der Waals surface area contributed by atoms with E-state index in [-0.39, 0.29) is 29.9 Å². The van der Waals surface area contributed by atoms with Crippen molar-refractivity contribution in [2.75, 3.05) is 46.3 Å². The summed E-state index contributed by atoms with van der Waals surface area (Å²) in [5.41, 5.74) is 0. The first-order valence-electron chi connectivity index (χ1n) is 11.2. The van der Waals surface area contributed by atoms with Crippen LogP contribution in [0.4, 0.5) is 0 Å². The summed E-state index contributed by atoms with van der Waals surface area (Å²) >= 11 is 0. The molecular formula is C21H42IN5O. The fourth-order valence-electron chi connectivity index (χ4n) is 4.28. The molecule has 28 heavy (non-hydrogen) atoms. The first-order valence-corrected chi connectivity index (χ1v) is 11.2. The second kappa shape index (κ2) is 14.4. The van der Waals surface area contributed by atoms with Gasteiger partial charge in [0.05, 0.1) is 0 Å². The van der Waals surface area contributed by atoms with Crippen molar-refractivity contribution in [3.8, 4) is 0 Å². The quantitative estimate of drug-likeness (QED) is 0.218. The molecule has 164 valence electrons. The van der Waals surface area contributed by atoms with Crippen molar-refractivity contribution in [1.29, 1.82) is 0 Å². The molecule has 2 N–H and O–H groups in total. The van der Waals surface area contributed by atoms with Crippen LogP contribution in [0.15, 0.2) is 4.99 Å². The van der Waals surface area contributed by atoms with Crippen LogP contribution in [-0.2, 0) is 4.79 Å². The summed E-state index contributed by atoms with van der Waals surface area (Å²) in [6.07, 6.45) is 9.28. The van der Waals surface area contributed by atoms with Crippen LogP contribution < -0.4 is 10.6 Å². The van der Waals surface area contributed by atoms with Crippen LogP contribution in [0.3, 0.4) is 0 Å². The average Bonchev–Trinajstić information content (AvgIpc) is 3.18. The molecule has 2 aliphatic rings. The summed E-state index contributed by atoms with van der Waals surface area (Å²) in [5, 5.41) is 6.94. The lowest BCUT2D eigenvalue weighted by Crippen LogP contribution is -2.45. The van der Waals surface area contributed by atoms with Crippen LogP contribution >= 0.6 is 24.0 Å². The van der Waals surface area contributed by atoms with Crippen molar-refractivity contribution in [2.24, 2.45) is 10.9 Å². The van der Waals surface area contributed by atoms with Gasteiger partial charge in [-0.2, -0.15) is 0 Å². The van der Waals surface area contributed by atoms with E-state index in [0.29, 0.717) is 11.9 Å². The van der Waals surface area contributed by atoms with Crippen LogP contribution in [0.5, 0.6) is 0 Å². The molecule has 0 radical (unpaired) electrons. The van der Waals surface area contributed by atoms with Gasteiger partial charge in [0, 0.05) is 38.6 Å². The van der Waals surface area contributed by atoms with Gasteiger partial charge in [0.25, 0.3) is 0 Å². The second-order valence-electron chi connectivity index (χ2n) is 7.98. The molecule has 6 nitrogen and oxygen atoms in total. The van der Waals surface area contributed by atoms with Crippen molar-refractivity contribution >= 4 is 35.8 Å². The molecule has 1 atom stereocenters. The largest absolute Gasteiger partial charge is 0.356 e. The zero-order valence-electron chi connectivity index (χ0n) is 18.2. The number of hydrogen-bond donors (Lipinski definition) is 2. The number of unbranched alkanes of at least 4 members (excludes halogenated alkanes) is 1. The van der Waals surface area contributed by atoms with Crippen molar-refractivity contribution in [3.05, 3.63) is 0 Å². The third-order valence-electron chi connectivity index (χ3n) is 6.11. The zero-order valence-corrected chi connectivity index (χ0v) is 20.5. The lowest BCUT2D eigenvalue weighted by Gasteiger charge is -2.26. The van der Waals surface area contributed by atoms with Gasteiger partial charge in [-0.25, -0.2) is 0 Å². The van der Waals surface area contributed by atoms with E-state index in [9.17, 15) is 4.79 Å². The number of hydrogen-bond acceptors (Lipinski definition) is 3. The third-order valence-corrected chi connectivity index (χ3v) is 6.11. The molecule has 0 aromatic carbocycles. The molecular weight excluding hydrogens is 465 g/mol. The van der Waals surface area contributed by atoms with E-state index in [1.54, 1.807) is 0 Å².